The molecule has 5 nitrogen and oxygen atoms in total. The van der Waals surface area contributed by atoms with Crippen LogP contribution in [0.5, 0.6) is 0 Å². The lowest BCUT2D eigenvalue weighted by molar-refractivity contribution is -0.144. The van der Waals surface area contributed by atoms with E-state index in [1.54, 1.807) is 4.90 Å². The van der Waals surface area contributed by atoms with Gasteiger partial charge in [-0.2, -0.15) is 13.2 Å². The van der Waals surface area contributed by atoms with E-state index in [-0.39, 0.29) is 11.0 Å². The quantitative estimate of drug-likeness (QED) is 0.723. The molecule has 0 saturated carbocycles. The highest BCUT2D eigenvalue weighted by molar-refractivity contribution is 6.29. The first-order valence-electron chi connectivity index (χ1n) is 5.73. The maximum Gasteiger partial charge on any atom is 0.451 e. The summed E-state index contributed by atoms with van der Waals surface area (Å²) in [4.78, 5) is 8.29. The van der Waals surface area contributed by atoms with Crippen LogP contribution in [0.4, 0.5) is 19.0 Å². The third-order valence-electron chi connectivity index (χ3n) is 2.39. The van der Waals surface area contributed by atoms with E-state index < -0.39 is 12.0 Å². The highest BCUT2D eigenvalue weighted by Gasteiger charge is 2.35. The Morgan fingerprint density at radius 3 is 2.15 bits per heavy atom. The maximum absolute atomic E-state index is 12.7. The average Bonchev–Trinajstić information content (AvgIpc) is 2.37. The van der Waals surface area contributed by atoms with Crippen LogP contribution in [0.2, 0.25) is 5.15 Å². The summed E-state index contributed by atoms with van der Waals surface area (Å²) in [5.74, 6) is -1.17. The molecule has 1 heterocycles. The largest absolute Gasteiger partial charge is 0.451 e. The van der Waals surface area contributed by atoms with Gasteiger partial charge in [0, 0.05) is 33.4 Å². The van der Waals surface area contributed by atoms with E-state index in [1.807, 2.05) is 0 Å². The summed E-state index contributed by atoms with van der Waals surface area (Å²) >= 11 is 5.63. The first kappa shape index (κ1) is 16.9. The molecule has 0 aliphatic heterocycles. The van der Waals surface area contributed by atoms with E-state index in [9.17, 15) is 13.2 Å². The molecular weight excluding hydrogens is 299 g/mol. The Labute approximate surface area is 119 Å². The lowest BCUT2D eigenvalue weighted by Crippen LogP contribution is -2.32. The normalized spacial score (nSPS) is 11.7. The van der Waals surface area contributed by atoms with Crippen molar-refractivity contribution in [2.24, 2.45) is 0 Å². The van der Waals surface area contributed by atoms with Crippen LogP contribution in [0.15, 0.2) is 6.07 Å². The van der Waals surface area contributed by atoms with Crippen LogP contribution in [0.3, 0.4) is 0 Å². The van der Waals surface area contributed by atoms with Crippen molar-refractivity contribution in [3.05, 3.63) is 17.0 Å². The third-order valence-corrected chi connectivity index (χ3v) is 2.58. The van der Waals surface area contributed by atoms with E-state index in [0.29, 0.717) is 26.3 Å². The zero-order valence-corrected chi connectivity index (χ0v) is 11.8. The highest BCUT2D eigenvalue weighted by atomic mass is 35.5. The smallest absolute Gasteiger partial charge is 0.383 e. The van der Waals surface area contributed by atoms with Crippen LogP contribution >= 0.6 is 11.6 Å². The van der Waals surface area contributed by atoms with Crippen molar-refractivity contribution >= 4 is 17.4 Å². The molecular formula is C11H15ClF3N3O2. The standard InChI is InChI=1S/C11H15ClF3N3O2/c1-19-5-3-18(4-6-20-2)9-7-8(12)16-10(17-9)11(13,14)15/h7H,3-6H2,1-2H3. The van der Waals surface area contributed by atoms with Crippen LogP contribution in [0.1, 0.15) is 5.82 Å². The van der Waals surface area contributed by atoms with Gasteiger partial charge in [-0.25, -0.2) is 9.97 Å². The van der Waals surface area contributed by atoms with Crippen molar-refractivity contribution in [3.8, 4) is 0 Å². The van der Waals surface area contributed by atoms with Gasteiger partial charge < -0.3 is 14.4 Å². The van der Waals surface area contributed by atoms with E-state index >= 15 is 0 Å². The number of hydrogen-bond acceptors (Lipinski definition) is 5. The SMILES string of the molecule is COCCN(CCOC)c1cc(Cl)nc(C(F)(F)F)n1. The van der Waals surface area contributed by atoms with Crippen LogP contribution in [-0.4, -0.2) is 50.5 Å². The average molecular weight is 314 g/mol. The minimum Gasteiger partial charge on any atom is -0.383 e. The van der Waals surface area contributed by atoms with Gasteiger partial charge in [0.15, 0.2) is 0 Å². The van der Waals surface area contributed by atoms with Crippen molar-refractivity contribution < 1.29 is 22.6 Å². The second kappa shape index (κ2) is 7.61. The van der Waals surface area contributed by atoms with Gasteiger partial charge in [-0.3, -0.25) is 0 Å². The molecule has 0 aliphatic carbocycles. The van der Waals surface area contributed by atoms with Gasteiger partial charge in [-0.05, 0) is 0 Å². The van der Waals surface area contributed by atoms with E-state index in [2.05, 4.69) is 9.97 Å². The number of nitrogens with zero attached hydrogens (tertiary/aromatic N) is 3. The van der Waals surface area contributed by atoms with Crippen molar-refractivity contribution in [2.75, 3.05) is 45.4 Å². The minimum atomic E-state index is -4.65. The van der Waals surface area contributed by atoms with E-state index in [0.717, 1.165) is 0 Å². The summed E-state index contributed by atoms with van der Waals surface area (Å²) in [6.07, 6.45) is -4.65. The first-order chi connectivity index (χ1) is 9.38. The molecule has 0 atom stereocenters. The van der Waals surface area contributed by atoms with Crippen LogP contribution < -0.4 is 4.90 Å². The number of methoxy groups -OCH3 is 2. The minimum absolute atomic E-state index is 0.0893. The third kappa shape index (κ3) is 5.10. The summed E-state index contributed by atoms with van der Waals surface area (Å²) in [6, 6.07) is 1.28. The molecule has 0 aliphatic rings. The molecule has 20 heavy (non-hydrogen) atoms. The second-order valence-electron chi connectivity index (χ2n) is 3.84. The molecule has 1 aromatic heterocycles. The Kier molecular flexibility index (Phi) is 6.44. The number of anilines is 1. The van der Waals surface area contributed by atoms with Gasteiger partial charge in [0.05, 0.1) is 13.2 Å². The van der Waals surface area contributed by atoms with Crippen molar-refractivity contribution in [1.82, 2.24) is 9.97 Å². The number of rotatable bonds is 7. The van der Waals surface area contributed by atoms with Gasteiger partial charge >= 0.3 is 6.18 Å². The van der Waals surface area contributed by atoms with Crippen molar-refractivity contribution in [3.63, 3.8) is 0 Å². The molecule has 0 unspecified atom stereocenters. The van der Waals surface area contributed by atoms with Gasteiger partial charge in [0.25, 0.3) is 0 Å². The fourth-order valence-corrected chi connectivity index (χ4v) is 1.62. The van der Waals surface area contributed by atoms with Gasteiger partial charge in [0.2, 0.25) is 5.82 Å². The molecule has 0 amide bonds. The van der Waals surface area contributed by atoms with Crippen LogP contribution in [0, 0.1) is 0 Å². The summed E-state index contributed by atoms with van der Waals surface area (Å²) in [5, 5.41) is -0.262. The summed E-state index contributed by atoms with van der Waals surface area (Å²) in [5.41, 5.74) is 0. The molecule has 0 radical (unpaired) electrons. The number of hydrogen-bond donors (Lipinski definition) is 0. The van der Waals surface area contributed by atoms with Gasteiger partial charge in [-0.15, -0.1) is 0 Å². The number of aromatic nitrogens is 2. The van der Waals surface area contributed by atoms with Crippen LogP contribution in [-0.2, 0) is 15.7 Å². The predicted molar refractivity (Wildman–Crippen MR) is 68.0 cm³/mol. The zero-order valence-electron chi connectivity index (χ0n) is 11.1. The molecule has 0 bridgehead atoms. The van der Waals surface area contributed by atoms with Crippen molar-refractivity contribution in [1.29, 1.82) is 0 Å². The van der Waals surface area contributed by atoms with E-state index in [4.69, 9.17) is 21.1 Å². The van der Waals surface area contributed by atoms with Crippen molar-refractivity contribution in [2.45, 2.75) is 6.18 Å². The Hall–Kier alpha value is -1.12. The summed E-state index contributed by atoms with van der Waals surface area (Å²) in [6.45, 7) is 1.41. The Morgan fingerprint density at radius 2 is 1.70 bits per heavy atom. The van der Waals surface area contributed by atoms with Gasteiger partial charge in [0.1, 0.15) is 11.0 Å². The Morgan fingerprint density at radius 1 is 1.15 bits per heavy atom. The van der Waals surface area contributed by atoms with Crippen LogP contribution in [0.25, 0.3) is 0 Å². The molecule has 1 rings (SSSR count). The molecule has 0 N–H and O–H groups in total. The maximum atomic E-state index is 12.7. The molecule has 0 aromatic carbocycles. The van der Waals surface area contributed by atoms with E-state index in [1.165, 1.54) is 20.3 Å². The molecule has 0 spiro atoms. The molecule has 0 saturated heterocycles. The van der Waals surface area contributed by atoms with Gasteiger partial charge in [-0.1, -0.05) is 11.6 Å². The fraction of sp³-hybridized carbons (Fsp3) is 0.636. The predicted octanol–water partition coefficient (Wildman–Crippen LogP) is 2.25. The zero-order chi connectivity index (χ0) is 15.2. The fourth-order valence-electron chi connectivity index (χ4n) is 1.44. The monoisotopic (exact) mass is 313 g/mol. The molecule has 9 heteroatoms. The molecule has 0 fully saturated rings. The lowest BCUT2D eigenvalue weighted by atomic mass is 10.4. The summed E-state index contributed by atoms with van der Waals surface area (Å²) < 4.78 is 47.8. The highest BCUT2D eigenvalue weighted by Crippen LogP contribution is 2.29. The number of halogens is 4. The molecule has 114 valence electrons. The number of alkyl halides is 3. The Balaban J connectivity index is 3.02. The number of ether oxygens (including phenoxy) is 2. The lowest BCUT2D eigenvalue weighted by Gasteiger charge is -2.23. The second-order valence-corrected chi connectivity index (χ2v) is 4.23. The topological polar surface area (TPSA) is 47.5 Å². The molecule has 1 aromatic rings. The first-order valence-corrected chi connectivity index (χ1v) is 6.11. The summed E-state index contributed by atoms with van der Waals surface area (Å²) in [7, 11) is 3.01. The Bertz CT molecular complexity index is 424.